The van der Waals surface area contributed by atoms with E-state index in [1.807, 2.05) is 0 Å². The zero-order valence-electron chi connectivity index (χ0n) is 11.3. The molecule has 8 heteroatoms. The Labute approximate surface area is 153 Å². The Morgan fingerprint density at radius 1 is 1.13 bits per heavy atom. The number of fused-ring (bicyclic) bond motifs is 1. The van der Waals surface area contributed by atoms with Crippen LogP contribution in [0.25, 0.3) is 12.2 Å². The third kappa shape index (κ3) is 3.39. The summed E-state index contributed by atoms with van der Waals surface area (Å²) < 4.78 is 1.13. The minimum atomic E-state index is 0.136. The molecule has 0 fully saturated rings. The zero-order valence-corrected chi connectivity index (χ0v) is 15.2. The Morgan fingerprint density at radius 3 is 2.48 bits per heavy atom. The number of benzene rings is 1. The summed E-state index contributed by atoms with van der Waals surface area (Å²) in [5.41, 5.74) is 10.7. The van der Waals surface area contributed by atoms with Crippen LogP contribution in [0.1, 0.15) is 16.7 Å². The van der Waals surface area contributed by atoms with E-state index in [0.717, 1.165) is 11.1 Å². The first-order valence-electron chi connectivity index (χ1n) is 6.27. The van der Waals surface area contributed by atoms with Crippen molar-refractivity contribution in [2.45, 2.75) is 0 Å². The van der Waals surface area contributed by atoms with Crippen LogP contribution in [0.5, 0.6) is 5.75 Å². The number of halogens is 3. The van der Waals surface area contributed by atoms with Crippen LogP contribution in [0, 0.1) is 0 Å². The van der Waals surface area contributed by atoms with Gasteiger partial charge in [-0.2, -0.15) is 5.10 Å². The van der Waals surface area contributed by atoms with Crippen molar-refractivity contribution in [2.75, 3.05) is 5.43 Å². The van der Waals surface area contributed by atoms with E-state index in [2.05, 4.69) is 64.0 Å². The van der Waals surface area contributed by atoms with Crippen LogP contribution in [0.3, 0.4) is 0 Å². The van der Waals surface area contributed by atoms with Crippen LogP contribution >= 0.6 is 43.5 Å². The molecule has 0 unspecified atom stereocenters. The molecular weight excluding hydrogens is 447 g/mol. The van der Waals surface area contributed by atoms with Gasteiger partial charge in [-0.25, -0.2) is 0 Å². The number of phenolic OH excluding ortho intramolecular Hbond substituents is 1. The number of nitrogens with one attached hydrogen (secondary N) is 1. The molecule has 0 amide bonds. The predicted molar refractivity (Wildman–Crippen MR) is 97.7 cm³/mol. The molecule has 1 heterocycles. The van der Waals surface area contributed by atoms with Crippen molar-refractivity contribution in [1.29, 1.82) is 0 Å². The first-order valence-corrected chi connectivity index (χ1v) is 8.23. The van der Waals surface area contributed by atoms with Gasteiger partial charge in [0.05, 0.1) is 15.2 Å². The van der Waals surface area contributed by atoms with Gasteiger partial charge in [0.1, 0.15) is 5.75 Å². The number of aromatic hydroxyl groups is 1. The van der Waals surface area contributed by atoms with E-state index in [1.54, 1.807) is 30.5 Å². The maximum atomic E-state index is 9.69. The largest absolute Gasteiger partial charge is 0.506 e. The second-order valence-electron chi connectivity index (χ2n) is 4.45. The van der Waals surface area contributed by atoms with E-state index in [9.17, 15) is 5.11 Å². The highest BCUT2D eigenvalue weighted by Crippen LogP contribution is 2.33. The molecule has 2 aromatic rings. The van der Waals surface area contributed by atoms with E-state index >= 15 is 0 Å². The molecule has 1 aromatic carbocycles. The molecule has 0 radical (unpaired) electrons. The molecule has 1 aromatic heterocycles. The number of rotatable bonds is 3. The number of aromatic nitrogens is 2. The number of hydrazone groups is 1. The normalized spacial score (nSPS) is 12.0. The summed E-state index contributed by atoms with van der Waals surface area (Å²) in [5.74, 6) is 0.597. The highest BCUT2D eigenvalue weighted by Gasteiger charge is 2.12. The van der Waals surface area contributed by atoms with Crippen molar-refractivity contribution in [1.82, 2.24) is 10.2 Å². The van der Waals surface area contributed by atoms with Crippen molar-refractivity contribution >= 4 is 67.6 Å². The molecule has 1 aliphatic rings. The van der Waals surface area contributed by atoms with Crippen LogP contribution in [-0.4, -0.2) is 21.5 Å². The second-order valence-corrected chi connectivity index (χ2v) is 6.51. The molecule has 0 saturated carbocycles. The van der Waals surface area contributed by atoms with Gasteiger partial charge in [0, 0.05) is 17.2 Å². The van der Waals surface area contributed by atoms with Gasteiger partial charge in [-0.1, -0.05) is 23.1 Å². The fraction of sp³-hybridized carbons (Fsp3) is 0. The first kappa shape index (κ1) is 16.0. The second kappa shape index (κ2) is 6.71. The molecule has 0 spiro atoms. The van der Waals surface area contributed by atoms with Crippen molar-refractivity contribution in [2.24, 2.45) is 5.10 Å². The molecule has 2 N–H and O–H groups in total. The van der Waals surface area contributed by atoms with E-state index < -0.39 is 0 Å². The van der Waals surface area contributed by atoms with Gasteiger partial charge in [0.15, 0.2) is 11.0 Å². The molecule has 5 nitrogen and oxygen atoms in total. The summed E-state index contributed by atoms with van der Waals surface area (Å²) in [5, 5.41) is 22.0. The van der Waals surface area contributed by atoms with Crippen molar-refractivity contribution in [3.63, 3.8) is 0 Å². The number of phenols is 1. The topological polar surface area (TPSA) is 70.4 Å². The van der Waals surface area contributed by atoms with Crippen LogP contribution in [-0.2, 0) is 0 Å². The van der Waals surface area contributed by atoms with Crippen molar-refractivity contribution < 1.29 is 5.11 Å². The minimum Gasteiger partial charge on any atom is -0.506 e. The lowest BCUT2D eigenvalue weighted by Gasteiger charge is -2.08. The fourth-order valence-electron chi connectivity index (χ4n) is 1.86. The molecule has 0 bridgehead atoms. The summed E-state index contributed by atoms with van der Waals surface area (Å²) >= 11 is 12.5. The van der Waals surface area contributed by atoms with Gasteiger partial charge in [-0.05, 0) is 55.6 Å². The number of hydrogen-bond donors (Lipinski definition) is 2. The predicted octanol–water partition coefficient (Wildman–Crippen LogP) is 4.60. The van der Waals surface area contributed by atoms with Gasteiger partial charge < -0.3 is 5.11 Å². The van der Waals surface area contributed by atoms with Gasteiger partial charge in [0.2, 0.25) is 0 Å². The lowest BCUT2D eigenvalue weighted by atomic mass is 10.1. The molecule has 114 valence electrons. The number of nitrogens with zero attached hydrogens (tertiary/aromatic N) is 3. The third-order valence-corrected chi connectivity index (χ3v) is 4.43. The summed E-state index contributed by atoms with van der Waals surface area (Å²) in [6.07, 6.45) is 4.99. The highest BCUT2D eigenvalue weighted by molar-refractivity contribution is 9.11. The molecular formula is C15H7Br2ClN4O. The van der Waals surface area contributed by atoms with Crippen molar-refractivity contribution in [3.8, 4) is 5.75 Å². The van der Waals surface area contributed by atoms with E-state index in [-0.39, 0.29) is 5.75 Å². The molecule has 0 aliphatic heterocycles. The third-order valence-electron chi connectivity index (χ3n) is 2.94. The minimum absolute atomic E-state index is 0.136. The Kier molecular flexibility index (Phi) is 4.66. The summed E-state index contributed by atoms with van der Waals surface area (Å²) in [6, 6.07) is 3.47. The number of hydrogen-bond acceptors (Lipinski definition) is 5. The Balaban J connectivity index is 1.85. The Hall–Kier alpha value is -1.88. The average Bonchev–Trinajstić information content (AvgIpc) is 2.55. The standard InChI is InChI=1S/C15H7Br2ClN4O/c16-11-5-8(6-12(17)13(11)23)7-19-21-15-10-4-2-1-3-9(10)14(18)20-22-15/h3-7,23H,(H,21,22). The molecule has 0 atom stereocenters. The van der Waals surface area contributed by atoms with Gasteiger partial charge in [-0.3, -0.25) is 5.43 Å². The molecule has 1 aliphatic carbocycles. The van der Waals surface area contributed by atoms with Crippen LogP contribution in [0.2, 0.25) is 5.15 Å². The highest BCUT2D eigenvalue weighted by atomic mass is 79.9. The Morgan fingerprint density at radius 2 is 1.78 bits per heavy atom. The smallest absolute Gasteiger partial charge is 0.177 e. The summed E-state index contributed by atoms with van der Waals surface area (Å²) in [7, 11) is 0. The SMILES string of the molecule is Oc1c(Br)cc(C=NNc2nnc(Cl)c3c2C=C=C=C3)cc1Br. The summed E-state index contributed by atoms with van der Waals surface area (Å²) in [6.45, 7) is 0. The Bertz CT molecular complexity index is 906. The summed E-state index contributed by atoms with van der Waals surface area (Å²) in [4.78, 5) is 0. The fourth-order valence-corrected chi connectivity index (χ4v) is 3.28. The van der Waals surface area contributed by atoms with Crippen LogP contribution in [0.4, 0.5) is 5.82 Å². The molecule has 23 heavy (non-hydrogen) atoms. The molecule has 0 saturated heterocycles. The first-order chi connectivity index (χ1) is 11.1. The van der Waals surface area contributed by atoms with Crippen LogP contribution < -0.4 is 5.43 Å². The van der Waals surface area contributed by atoms with Gasteiger partial charge in [0.25, 0.3) is 0 Å². The van der Waals surface area contributed by atoms with Crippen LogP contribution in [0.15, 0.2) is 37.6 Å². The van der Waals surface area contributed by atoms with Gasteiger partial charge >= 0.3 is 0 Å². The van der Waals surface area contributed by atoms with E-state index in [1.165, 1.54) is 0 Å². The zero-order chi connectivity index (χ0) is 16.4. The quantitative estimate of drug-likeness (QED) is 0.345. The number of anilines is 1. The average molecular weight is 455 g/mol. The van der Waals surface area contributed by atoms with E-state index in [0.29, 0.717) is 25.5 Å². The monoisotopic (exact) mass is 452 g/mol. The molecule has 3 rings (SSSR count). The van der Waals surface area contributed by atoms with Crippen molar-refractivity contribution in [3.05, 3.63) is 54.4 Å². The maximum absolute atomic E-state index is 9.69. The van der Waals surface area contributed by atoms with E-state index in [4.69, 9.17) is 11.6 Å². The van der Waals surface area contributed by atoms with Gasteiger partial charge in [-0.15, -0.1) is 10.2 Å². The maximum Gasteiger partial charge on any atom is 0.177 e. The lowest BCUT2D eigenvalue weighted by Crippen LogP contribution is -2.02. The lowest BCUT2D eigenvalue weighted by molar-refractivity contribution is 0.468.